The highest BCUT2D eigenvalue weighted by molar-refractivity contribution is 7.99. The number of piperidine rings is 1. The summed E-state index contributed by atoms with van der Waals surface area (Å²) in [7, 11) is 0. The molecule has 188 valence electrons. The zero-order chi connectivity index (χ0) is 24.0. The molecule has 0 bridgehead atoms. The molecule has 9 nitrogen and oxygen atoms in total. The van der Waals surface area contributed by atoms with E-state index >= 15 is 0 Å². The van der Waals surface area contributed by atoms with E-state index in [9.17, 15) is 14.4 Å². The van der Waals surface area contributed by atoms with Crippen molar-refractivity contribution < 1.29 is 38.1 Å². The molecule has 1 saturated heterocycles. The summed E-state index contributed by atoms with van der Waals surface area (Å²) >= 11 is 1.85. The number of amides is 1. The summed E-state index contributed by atoms with van der Waals surface area (Å²) in [4.78, 5) is 35.7. The quantitative estimate of drug-likeness (QED) is 0.244. The van der Waals surface area contributed by atoms with E-state index in [2.05, 4.69) is 6.26 Å². The number of hydrogen-bond donors (Lipinski definition) is 0. The van der Waals surface area contributed by atoms with Crippen LogP contribution >= 0.6 is 11.8 Å². The van der Waals surface area contributed by atoms with Gasteiger partial charge in [0.2, 0.25) is 0 Å². The highest BCUT2D eigenvalue weighted by Gasteiger charge is 2.22. The number of likely N-dealkylation sites (tertiary alicyclic amines) is 1. The summed E-state index contributed by atoms with van der Waals surface area (Å²) in [6.07, 6.45) is 4.17. The predicted molar refractivity (Wildman–Crippen MR) is 124 cm³/mol. The van der Waals surface area contributed by atoms with E-state index in [0.717, 1.165) is 25.9 Å². The zero-order valence-corrected chi connectivity index (χ0v) is 20.9. The van der Waals surface area contributed by atoms with Gasteiger partial charge < -0.3 is 33.4 Å². The first-order valence-corrected chi connectivity index (χ1v) is 12.6. The Morgan fingerprint density at radius 2 is 1.25 bits per heavy atom. The lowest BCUT2D eigenvalue weighted by Crippen LogP contribution is -2.39. The van der Waals surface area contributed by atoms with Crippen LogP contribution in [0.1, 0.15) is 46.5 Å². The summed E-state index contributed by atoms with van der Waals surface area (Å²) in [5.41, 5.74) is 0. The standard InChI is InChI=1S/C20H35NO8S.C2H6/c1-17(22)3-4-19(23)28-15-13-26-11-9-25-10-12-27-14-16-29-20(24)21-7-5-18(30-2)6-8-21;1-2/h18H,3-16H2,1-2H3;1-2H3. The van der Waals surface area contributed by atoms with Crippen LogP contribution in [0, 0.1) is 0 Å². The van der Waals surface area contributed by atoms with Crippen LogP contribution in [0.2, 0.25) is 0 Å². The maximum atomic E-state index is 11.9. The third kappa shape index (κ3) is 17.2. The Morgan fingerprint density at radius 3 is 1.72 bits per heavy atom. The van der Waals surface area contributed by atoms with Crippen LogP contribution in [-0.2, 0) is 33.3 Å². The molecule has 1 aliphatic heterocycles. The topological polar surface area (TPSA) is 101 Å². The van der Waals surface area contributed by atoms with Crippen LogP contribution in [0.15, 0.2) is 0 Å². The number of hydrogen-bond acceptors (Lipinski definition) is 9. The molecule has 0 atom stereocenters. The van der Waals surface area contributed by atoms with Gasteiger partial charge in [-0.3, -0.25) is 4.79 Å². The molecule has 0 spiro atoms. The lowest BCUT2D eigenvalue weighted by molar-refractivity contribution is -0.146. The lowest BCUT2D eigenvalue weighted by Gasteiger charge is -2.30. The summed E-state index contributed by atoms with van der Waals surface area (Å²) in [5, 5.41) is 0.643. The number of ketones is 1. The van der Waals surface area contributed by atoms with Crippen LogP contribution < -0.4 is 0 Å². The van der Waals surface area contributed by atoms with Gasteiger partial charge in [-0.05, 0) is 26.0 Å². The number of rotatable bonds is 16. The normalized spacial score (nSPS) is 13.8. The fraction of sp³-hybridized carbons (Fsp3) is 0.864. The highest BCUT2D eigenvalue weighted by atomic mass is 32.2. The predicted octanol–water partition coefficient (Wildman–Crippen LogP) is 2.94. The van der Waals surface area contributed by atoms with E-state index in [0.29, 0.717) is 38.3 Å². The van der Waals surface area contributed by atoms with Gasteiger partial charge >= 0.3 is 12.1 Å². The Labute approximate surface area is 196 Å². The third-order valence-corrected chi connectivity index (χ3v) is 5.54. The van der Waals surface area contributed by atoms with Gasteiger partial charge in [-0.1, -0.05) is 13.8 Å². The van der Waals surface area contributed by atoms with Gasteiger partial charge in [-0.15, -0.1) is 0 Å². The molecule has 0 aromatic rings. The van der Waals surface area contributed by atoms with Gasteiger partial charge in [0.05, 0.1) is 46.1 Å². The van der Waals surface area contributed by atoms with Crippen molar-refractivity contribution in [1.82, 2.24) is 4.90 Å². The number of Topliss-reactive ketones (excluding diaryl/α,β-unsaturated/α-hetero) is 1. The number of nitrogens with zero attached hydrogens (tertiary/aromatic N) is 1. The van der Waals surface area contributed by atoms with Crippen LogP contribution in [0.3, 0.4) is 0 Å². The van der Waals surface area contributed by atoms with E-state index in [1.165, 1.54) is 6.92 Å². The fourth-order valence-corrected chi connectivity index (χ4v) is 3.34. The van der Waals surface area contributed by atoms with E-state index in [4.69, 9.17) is 23.7 Å². The molecule has 0 N–H and O–H groups in total. The minimum atomic E-state index is -0.395. The summed E-state index contributed by atoms with van der Waals surface area (Å²) in [6, 6.07) is 0. The van der Waals surface area contributed by atoms with Crippen LogP contribution in [0.5, 0.6) is 0 Å². The molecule has 10 heteroatoms. The molecule has 0 aliphatic carbocycles. The van der Waals surface area contributed by atoms with Gasteiger partial charge in [0.1, 0.15) is 19.0 Å². The smallest absolute Gasteiger partial charge is 0.409 e. The molecular weight excluding hydrogens is 438 g/mol. The molecule has 0 aromatic heterocycles. The molecule has 1 rings (SSSR count). The second-order valence-corrected chi connectivity index (χ2v) is 7.93. The highest BCUT2D eigenvalue weighted by Crippen LogP contribution is 2.21. The van der Waals surface area contributed by atoms with Crippen LogP contribution in [-0.4, -0.2) is 100 Å². The lowest BCUT2D eigenvalue weighted by atomic mass is 10.1. The first-order valence-electron chi connectivity index (χ1n) is 11.4. The number of carbonyl (C=O) groups excluding carboxylic acids is 3. The van der Waals surface area contributed by atoms with Gasteiger partial charge in [-0.2, -0.15) is 11.8 Å². The monoisotopic (exact) mass is 479 g/mol. The molecule has 1 heterocycles. The molecule has 1 fully saturated rings. The van der Waals surface area contributed by atoms with E-state index in [1.807, 2.05) is 25.6 Å². The second kappa shape index (κ2) is 21.5. The van der Waals surface area contributed by atoms with Crippen molar-refractivity contribution in [1.29, 1.82) is 0 Å². The van der Waals surface area contributed by atoms with Gasteiger partial charge in [0.25, 0.3) is 0 Å². The molecular formula is C22H41NO8S. The Balaban J connectivity index is 0.00000466. The number of carbonyl (C=O) groups is 3. The molecule has 0 radical (unpaired) electrons. The third-order valence-electron chi connectivity index (χ3n) is 4.40. The molecule has 0 aromatic carbocycles. The first-order chi connectivity index (χ1) is 15.5. The maximum Gasteiger partial charge on any atom is 0.409 e. The first kappa shape index (κ1) is 30.6. The fourth-order valence-electron chi connectivity index (χ4n) is 2.66. The number of esters is 1. The summed E-state index contributed by atoms with van der Waals surface area (Å²) in [5.74, 6) is -0.430. The summed E-state index contributed by atoms with van der Waals surface area (Å²) < 4.78 is 26.1. The minimum Gasteiger partial charge on any atom is -0.463 e. The van der Waals surface area contributed by atoms with Crippen molar-refractivity contribution in [2.75, 3.05) is 72.2 Å². The van der Waals surface area contributed by atoms with Crippen molar-refractivity contribution in [2.45, 2.75) is 51.7 Å². The van der Waals surface area contributed by atoms with E-state index in [-0.39, 0.29) is 44.5 Å². The molecule has 0 saturated carbocycles. The molecule has 32 heavy (non-hydrogen) atoms. The Kier molecular flexibility index (Phi) is 20.6. The van der Waals surface area contributed by atoms with Gasteiger partial charge in [0, 0.05) is 24.8 Å². The molecule has 1 aliphatic rings. The Hall–Kier alpha value is -1.36. The van der Waals surface area contributed by atoms with Crippen molar-refractivity contribution in [2.24, 2.45) is 0 Å². The van der Waals surface area contributed by atoms with Crippen LogP contribution in [0.25, 0.3) is 0 Å². The van der Waals surface area contributed by atoms with E-state index < -0.39 is 5.97 Å². The molecule has 0 unspecified atom stereocenters. The zero-order valence-electron chi connectivity index (χ0n) is 20.1. The van der Waals surface area contributed by atoms with E-state index in [1.54, 1.807) is 4.90 Å². The minimum absolute atomic E-state index is 0.0350. The summed E-state index contributed by atoms with van der Waals surface area (Å²) in [6.45, 7) is 9.57. The van der Waals surface area contributed by atoms with Gasteiger partial charge in [0.15, 0.2) is 0 Å². The number of thioether (sulfide) groups is 1. The Morgan fingerprint density at radius 1 is 0.781 bits per heavy atom. The maximum absolute atomic E-state index is 11.9. The van der Waals surface area contributed by atoms with Crippen molar-refractivity contribution in [3.63, 3.8) is 0 Å². The largest absolute Gasteiger partial charge is 0.463 e. The number of ether oxygens (including phenoxy) is 5. The average Bonchev–Trinajstić information content (AvgIpc) is 2.81. The van der Waals surface area contributed by atoms with Crippen molar-refractivity contribution in [3.8, 4) is 0 Å². The van der Waals surface area contributed by atoms with Crippen molar-refractivity contribution >= 4 is 29.6 Å². The second-order valence-electron chi connectivity index (χ2n) is 6.80. The molecule has 1 amide bonds. The van der Waals surface area contributed by atoms with Crippen molar-refractivity contribution in [3.05, 3.63) is 0 Å². The average molecular weight is 480 g/mol. The SMILES string of the molecule is CC.CSC1CCN(C(=O)OCCOCCOCCOCCOC(=O)CCC(C)=O)CC1. The van der Waals surface area contributed by atoms with Gasteiger partial charge in [-0.25, -0.2) is 4.79 Å². The Bertz CT molecular complexity index is 498. The van der Waals surface area contributed by atoms with Crippen LogP contribution in [0.4, 0.5) is 4.79 Å².